The molecule has 56 heavy (non-hydrogen) atoms. The molecule has 0 bridgehead atoms. The van der Waals surface area contributed by atoms with Gasteiger partial charge in [0.05, 0.1) is 37.7 Å². The predicted octanol–water partition coefficient (Wildman–Crippen LogP) is 5.78. The van der Waals surface area contributed by atoms with Gasteiger partial charge in [0.15, 0.2) is 5.78 Å². The van der Waals surface area contributed by atoms with E-state index in [0.717, 1.165) is 84.7 Å². The summed E-state index contributed by atoms with van der Waals surface area (Å²) < 4.78 is 0.886. The number of nitrogens with zero attached hydrogens (tertiary/aromatic N) is 5. The first-order valence-electron chi connectivity index (χ1n) is 19.2. The number of amides is 1. The standard InChI is InChI=1S/C26H35Cl2N5O.C15H14BrNO3S2/c27-22-6-4-20(5-7-22)17-30-10-12-31(13-11-30)25-18-32(19-26(25)34)33-9-8-29-16-24(33)15-21-2-1-3-23(28)14-21;1-8-4-12(21-7-8)14(19)9-5-17(6-10(9)18)15(20)11-2-3-13(16)22-11/h1-7,14,24-26,29,34H,8-13,15-19H2;2-4,7,9-10,18H,5-6H2,1H3. The van der Waals surface area contributed by atoms with Crippen molar-refractivity contribution in [3.05, 3.63) is 112 Å². The first kappa shape index (κ1) is 41.9. The Morgan fingerprint density at radius 3 is 2.34 bits per heavy atom. The normalized spacial score (nSPS) is 25.3. The Bertz CT molecular complexity index is 1940. The molecule has 0 aliphatic carbocycles. The number of carbonyl (C=O) groups excluding carboxylic acids is 2. The Hall–Kier alpha value is -2.24. The lowest BCUT2D eigenvalue weighted by Crippen LogP contribution is -2.59. The lowest BCUT2D eigenvalue weighted by atomic mass is 9.99. The number of hydrogen-bond donors (Lipinski definition) is 3. The van der Waals surface area contributed by atoms with Crippen molar-refractivity contribution >= 4 is 73.5 Å². The van der Waals surface area contributed by atoms with Crippen molar-refractivity contribution in [1.82, 2.24) is 30.0 Å². The molecule has 2 aromatic carbocycles. The smallest absolute Gasteiger partial charge is 0.264 e. The van der Waals surface area contributed by atoms with Crippen LogP contribution in [0.1, 0.15) is 36.0 Å². The van der Waals surface area contributed by atoms with Gasteiger partial charge in [-0.15, -0.1) is 22.7 Å². The van der Waals surface area contributed by atoms with Crippen LogP contribution in [0.15, 0.2) is 75.9 Å². The van der Waals surface area contributed by atoms with Crippen molar-refractivity contribution < 1.29 is 19.8 Å². The maximum atomic E-state index is 12.5. The highest BCUT2D eigenvalue weighted by Crippen LogP contribution is 2.29. The Labute approximate surface area is 355 Å². The van der Waals surface area contributed by atoms with Gasteiger partial charge in [0.25, 0.3) is 5.91 Å². The number of β-amino-alcohol motifs (C(OH)–C–C–N with tert-alkyl or cyclic N) is 2. The minimum atomic E-state index is -0.803. The number of nitrogens with one attached hydrogen (secondary N) is 1. The van der Waals surface area contributed by atoms with Crippen molar-refractivity contribution in [2.45, 2.75) is 44.2 Å². The average Bonchev–Trinajstić information content (AvgIpc) is 4.00. The number of rotatable bonds is 9. The highest BCUT2D eigenvalue weighted by atomic mass is 79.9. The zero-order chi connectivity index (χ0) is 39.3. The number of Topliss-reactive ketones (excluding diaryl/α,β-unsaturated/α-hetero) is 1. The van der Waals surface area contributed by atoms with Crippen molar-refractivity contribution in [1.29, 1.82) is 0 Å². The topological polar surface area (TPSA) is 103 Å². The molecule has 8 rings (SSSR count). The van der Waals surface area contributed by atoms with Crippen LogP contribution in [0.4, 0.5) is 0 Å². The summed E-state index contributed by atoms with van der Waals surface area (Å²) in [6.07, 6.45) is -0.166. The van der Waals surface area contributed by atoms with E-state index in [0.29, 0.717) is 22.3 Å². The van der Waals surface area contributed by atoms with Crippen LogP contribution in [-0.4, -0.2) is 143 Å². The number of aliphatic hydroxyl groups is 2. The zero-order valence-electron chi connectivity index (χ0n) is 31.4. The summed E-state index contributed by atoms with van der Waals surface area (Å²) in [5.74, 6) is -0.744. The molecule has 6 heterocycles. The van der Waals surface area contributed by atoms with Crippen LogP contribution in [0.2, 0.25) is 10.0 Å². The fourth-order valence-corrected chi connectivity index (χ4v) is 10.8. The number of piperazine rings is 2. The first-order chi connectivity index (χ1) is 27.0. The van der Waals surface area contributed by atoms with Crippen LogP contribution < -0.4 is 5.32 Å². The lowest BCUT2D eigenvalue weighted by molar-refractivity contribution is -0.0626. The number of aliphatic hydroxyl groups excluding tert-OH is 2. The van der Waals surface area contributed by atoms with Crippen molar-refractivity contribution in [2.24, 2.45) is 5.92 Å². The third-order valence-corrected chi connectivity index (χ3v) is 14.3. The van der Waals surface area contributed by atoms with Gasteiger partial charge < -0.3 is 20.4 Å². The molecule has 5 unspecified atom stereocenters. The van der Waals surface area contributed by atoms with Crippen molar-refractivity contribution in [3.8, 4) is 0 Å². The minimum absolute atomic E-state index is 0.0757. The molecule has 300 valence electrons. The molecule has 15 heteroatoms. The molecule has 10 nitrogen and oxygen atoms in total. The molecule has 5 atom stereocenters. The van der Waals surface area contributed by atoms with Crippen LogP contribution in [0.5, 0.6) is 0 Å². The SMILES string of the molecule is Cc1csc(C(=O)C2CN(C(=O)c3ccc(Br)s3)CC2O)c1.OC1CN(N2CCNCC2Cc2cccc(Cl)c2)CC1N1CCN(Cc2ccc(Cl)cc2)CC1. The molecule has 4 aliphatic heterocycles. The third kappa shape index (κ3) is 10.5. The van der Waals surface area contributed by atoms with E-state index in [4.69, 9.17) is 23.2 Å². The maximum Gasteiger partial charge on any atom is 0.264 e. The van der Waals surface area contributed by atoms with Crippen molar-refractivity contribution in [2.75, 3.05) is 72.0 Å². The fourth-order valence-electron chi connectivity index (χ4n) is 8.19. The second-order valence-corrected chi connectivity index (χ2v) is 19.4. The van der Waals surface area contributed by atoms with Crippen LogP contribution in [0, 0.1) is 12.8 Å². The Kier molecular flexibility index (Phi) is 14.4. The Balaban J connectivity index is 0.000000189. The Morgan fingerprint density at radius 1 is 0.857 bits per heavy atom. The second-order valence-electron chi connectivity index (χ2n) is 15.1. The molecule has 4 aliphatic rings. The van der Waals surface area contributed by atoms with Gasteiger partial charge in [0, 0.05) is 94.6 Å². The van der Waals surface area contributed by atoms with E-state index in [2.05, 4.69) is 65.3 Å². The maximum absolute atomic E-state index is 12.5. The van der Waals surface area contributed by atoms with E-state index < -0.39 is 12.0 Å². The molecule has 4 aromatic rings. The molecular formula is C41H49BrCl2N6O4S2. The lowest BCUT2D eigenvalue weighted by Gasteiger charge is -2.42. The van der Waals surface area contributed by atoms with Gasteiger partial charge in [0.1, 0.15) is 0 Å². The van der Waals surface area contributed by atoms with Crippen LogP contribution in [0.25, 0.3) is 0 Å². The molecule has 3 N–H and O–H groups in total. The average molecular weight is 905 g/mol. The van der Waals surface area contributed by atoms with Gasteiger partial charge in [-0.25, -0.2) is 10.0 Å². The summed E-state index contributed by atoms with van der Waals surface area (Å²) in [4.78, 5) is 32.7. The second kappa shape index (κ2) is 19.2. The number of benzene rings is 2. The van der Waals surface area contributed by atoms with Crippen LogP contribution >= 0.6 is 61.8 Å². The summed E-state index contributed by atoms with van der Waals surface area (Å²) in [6.45, 7) is 11.9. The number of hydrogen-bond acceptors (Lipinski definition) is 11. The van der Waals surface area contributed by atoms with E-state index in [-0.39, 0.29) is 36.9 Å². The number of hydrazine groups is 1. The number of thiophene rings is 2. The number of likely N-dealkylation sites (tertiary alicyclic amines) is 1. The highest BCUT2D eigenvalue weighted by molar-refractivity contribution is 9.11. The molecule has 2 aromatic heterocycles. The molecule has 0 spiro atoms. The minimum Gasteiger partial charge on any atom is -0.390 e. The van der Waals surface area contributed by atoms with Gasteiger partial charge in [-0.2, -0.15) is 0 Å². The van der Waals surface area contributed by atoms with Gasteiger partial charge in [-0.1, -0.05) is 47.5 Å². The third-order valence-electron chi connectivity index (χ3n) is 11.1. The van der Waals surface area contributed by atoms with E-state index >= 15 is 0 Å². The first-order valence-corrected chi connectivity index (χ1v) is 22.4. The largest absolute Gasteiger partial charge is 0.390 e. The number of carbonyl (C=O) groups is 2. The molecule has 0 saturated carbocycles. The quantitative estimate of drug-likeness (QED) is 0.181. The van der Waals surface area contributed by atoms with Gasteiger partial charge in [-0.3, -0.25) is 19.4 Å². The molecular weight excluding hydrogens is 855 g/mol. The molecule has 0 radical (unpaired) electrons. The van der Waals surface area contributed by atoms with Crippen LogP contribution in [-0.2, 0) is 13.0 Å². The molecule has 1 amide bonds. The van der Waals surface area contributed by atoms with Gasteiger partial charge in [0.2, 0.25) is 0 Å². The van der Waals surface area contributed by atoms with Crippen molar-refractivity contribution in [3.63, 3.8) is 0 Å². The van der Waals surface area contributed by atoms with Gasteiger partial charge >= 0.3 is 0 Å². The fraction of sp³-hybridized carbons (Fsp3) is 0.463. The number of halogens is 3. The monoisotopic (exact) mass is 902 g/mol. The van der Waals surface area contributed by atoms with E-state index in [1.807, 2.05) is 48.7 Å². The summed E-state index contributed by atoms with van der Waals surface area (Å²) >= 11 is 18.3. The summed E-state index contributed by atoms with van der Waals surface area (Å²) in [6, 6.07) is 22.3. The summed E-state index contributed by atoms with van der Waals surface area (Å²) in [5.41, 5.74) is 3.60. The molecule has 4 saturated heterocycles. The molecule has 4 fully saturated rings. The predicted molar refractivity (Wildman–Crippen MR) is 229 cm³/mol. The van der Waals surface area contributed by atoms with E-state index in [1.54, 1.807) is 11.0 Å². The number of aryl methyl sites for hydroxylation is 1. The Morgan fingerprint density at radius 2 is 1.64 bits per heavy atom. The van der Waals surface area contributed by atoms with E-state index in [1.165, 1.54) is 33.8 Å². The van der Waals surface area contributed by atoms with E-state index in [9.17, 15) is 19.8 Å². The highest BCUT2D eigenvalue weighted by Gasteiger charge is 2.42. The summed E-state index contributed by atoms with van der Waals surface area (Å²) in [7, 11) is 0. The number of ketones is 1. The summed E-state index contributed by atoms with van der Waals surface area (Å²) in [5, 5.41) is 33.1. The zero-order valence-corrected chi connectivity index (χ0v) is 36.1. The van der Waals surface area contributed by atoms with Crippen LogP contribution in [0.3, 0.4) is 0 Å². The van der Waals surface area contributed by atoms with Gasteiger partial charge in [-0.05, 0) is 93.8 Å².